The smallest absolute Gasteiger partial charge is 0.0734 e. The molecular formula is C18H12ClNS. The Hall–Kier alpha value is -2.03. The molecule has 3 aromatic carbocycles. The molecule has 1 heterocycles. The SMILES string of the molecule is Clc1c(Nc2ccccc2)ccc2sc3ccccc3c12. The normalized spacial score (nSPS) is 11.1. The Morgan fingerprint density at radius 1 is 0.762 bits per heavy atom. The highest BCUT2D eigenvalue weighted by Crippen LogP contribution is 2.41. The molecule has 0 saturated heterocycles. The third-order valence-corrected chi connectivity index (χ3v) is 5.06. The average molecular weight is 310 g/mol. The lowest BCUT2D eigenvalue weighted by Crippen LogP contribution is -1.90. The quantitative estimate of drug-likeness (QED) is 0.448. The number of thiophene rings is 1. The third-order valence-electron chi connectivity index (χ3n) is 3.53. The zero-order chi connectivity index (χ0) is 14.2. The lowest BCUT2D eigenvalue weighted by molar-refractivity contribution is 1.57. The van der Waals surface area contributed by atoms with Crippen LogP contribution in [-0.2, 0) is 0 Å². The van der Waals surface area contributed by atoms with Crippen molar-refractivity contribution in [3.63, 3.8) is 0 Å². The molecule has 0 aliphatic carbocycles. The molecule has 0 aliphatic heterocycles. The van der Waals surface area contributed by atoms with Gasteiger partial charge in [0.05, 0.1) is 10.7 Å². The number of para-hydroxylation sites is 1. The molecule has 1 aromatic heterocycles. The molecule has 3 heteroatoms. The van der Waals surface area contributed by atoms with Gasteiger partial charge < -0.3 is 5.32 Å². The van der Waals surface area contributed by atoms with Crippen LogP contribution in [0.2, 0.25) is 5.02 Å². The molecule has 0 bridgehead atoms. The van der Waals surface area contributed by atoms with E-state index >= 15 is 0 Å². The zero-order valence-electron chi connectivity index (χ0n) is 11.1. The van der Waals surface area contributed by atoms with Crippen molar-refractivity contribution in [3.05, 3.63) is 71.8 Å². The van der Waals surface area contributed by atoms with E-state index in [4.69, 9.17) is 11.6 Å². The minimum atomic E-state index is 0.786. The van der Waals surface area contributed by atoms with E-state index in [0.717, 1.165) is 21.8 Å². The van der Waals surface area contributed by atoms with E-state index < -0.39 is 0 Å². The van der Waals surface area contributed by atoms with E-state index in [1.165, 1.54) is 14.8 Å². The summed E-state index contributed by atoms with van der Waals surface area (Å²) in [6.07, 6.45) is 0. The van der Waals surface area contributed by atoms with E-state index in [0.29, 0.717) is 0 Å². The van der Waals surface area contributed by atoms with Gasteiger partial charge >= 0.3 is 0 Å². The average Bonchev–Trinajstić information content (AvgIpc) is 2.90. The van der Waals surface area contributed by atoms with Crippen LogP contribution in [0.25, 0.3) is 20.2 Å². The monoisotopic (exact) mass is 309 g/mol. The summed E-state index contributed by atoms with van der Waals surface area (Å²) in [6.45, 7) is 0. The first-order chi connectivity index (χ1) is 10.3. The molecule has 21 heavy (non-hydrogen) atoms. The number of hydrogen-bond acceptors (Lipinski definition) is 2. The van der Waals surface area contributed by atoms with Crippen LogP contribution in [0.1, 0.15) is 0 Å². The molecular weight excluding hydrogens is 298 g/mol. The summed E-state index contributed by atoms with van der Waals surface area (Å²) >= 11 is 8.43. The Bertz CT molecular complexity index is 928. The van der Waals surface area contributed by atoms with Gasteiger partial charge in [-0.05, 0) is 30.3 Å². The van der Waals surface area contributed by atoms with Crippen molar-refractivity contribution in [1.29, 1.82) is 0 Å². The maximum atomic E-state index is 6.66. The van der Waals surface area contributed by atoms with E-state index in [2.05, 4.69) is 35.6 Å². The van der Waals surface area contributed by atoms with Gasteiger partial charge in [-0.25, -0.2) is 0 Å². The fourth-order valence-corrected chi connectivity index (χ4v) is 4.03. The molecule has 4 aromatic rings. The fourth-order valence-electron chi connectivity index (χ4n) is 2.55. The number of halogens is 1. The number of fused-ring (bicyclic) bond motifs is 3. The molecule has 0 unspecified atom stereocenters. The lowest BCUT2D eigenvalue weighted by Gasteiger charge is -2.09. The minimum Gasteiger partial charge on any atom is -0.354 e. The third kappa shape index (κ3) is 2.17. The Morgan fingerprint density at radius 2 is 1.52 bits per heavy atom. The molecule has 0 atom stereocenters. The second kappa shape index (κ2) is 5.06. The Balaban J connectivity index is 1.91. The summed E-state index contributed by atoms with van der Waals surface area (Å²) in [7, 11) is 0. The number of anilines is 2. The van der Waals surface area contributed by atoms with Crippen LogP contribution >= 0.6 is 22.9 Å². The van der Waals surface area contributed by atoms with Crippen LogP contribution in [-0.4, -0.2) is 0 Å². The summed E-state index contributed by atoms with van der Waals surface area (Å²) in [4.78, 5) is 0. The number of hydrogen-bond donors (Lipinski definition) is 1. The predicted molar refractivity (Wildman–Crippen MR) is 94.1 cm³/mol. The molecule has 1 nitrogen and oxygen atoms in total. The van der Waals surface area contributed by atoms with E-state index in [-0.39, 0.29) is 0 Å². The van der Waals surface area contributed by atoms with Crippen molar-refractivity contribution < 1.29 is 0 Å². The van der Waals surface area contributed by atoms with Crippen molar-refractivity contribution in [2.45, 2.75) is 0 Å². The zero-order valence-corrected chi connectivity index (χ0v) is 12.7. The second-order valence-corrected chi connectivity index (χ2v) is 6.35. The van der Waals surface area contributed by atoms with Gasteiger partial charge in [-0.1, -0.05) is 48.0 Å². The minimum absolute atomic E-state index is 0.786. The van der Waals surface area contributed by atoms with Gasteiger partial charge in [-0.15, -0.1) is 11.3 Å². The van der Waals surface area contributed by atoms with Crippen LogP contribution in [0.5, 0.6) is 0 Å². The second-order valence-electron chi connectivity index (χ2n) is 4.89. The van der Waals surface area contributed by atoms with Crippen molar-refractivity contribution in [3.8, 4) is 0 Å². The Labute approximate surface area is 131 Å². The lowest BCUT2D eigenvalue weighted by atomic mass is 10.1. The van der Waals surface area contributed by atoms with Gasteiger partial charge in [-0.3, -0.25) is 0 Å². The summed E-state index contributed by atoms with van der Waals surface area (Å²) < 4.78 is 2.49. The molecule has 0 amide bonds. The van der Waals surface area contributed by atoms with Crippen molar-refractivity contribution in [2.75, 3.05) is 5.32 Å². The van der Waals surface area contributed by atoms with Gasteiger partial charge in [0, 0.05) is 25.9 Å². The summed E-state index contributed by atoms with van der Waals surface area (Å²) in [6, 6.07) is 22.7. The molecule has 4 rings (SSSR count). The Morgan fingerprint density at radius 3 is 2.38 bits per heavy atom. The van der Waals surface area contributed by atoms with Crippen molar-refractivity contribution in [2.24, 2.45) is 0 Å². The summed E-state index contributed by atoms with van der Waals surface area (Å²) in [5.74, 6) is 0. The van der Waals surface area contributed by atoms with Gasteiger partial charge in [0.25, 0.3) is 0 Å². The van der Waals surface area contributed by atoms with Crippen LogP contribution in [0.3, 0.4) is 0 Å². The fraction of sp³-hybridized carbons (Fsp3) is 0. The molecule has 0 aliphatic rings. The maximum absolute atomic E-state index is 6.66. The van der Waals surface area contributed by atoms with Gasteiger partial charge in [0.1, 0.15) is 0 Å². The van der Waals surface area contributed by atoms with Crippen LogP contribution in [0, 0.1) is 0 Å². The molecule has 0 spiro atoms. The van der Waals surface area contributed by atoms with Gasteiger partial charge in [0.15, 0.2) is 0 Å². The van der Waals surface area contributed by atoms with Gasteiger partial charge in [-0.2, -0.15) is 0 Å². The number of benzene rings is 3. The molecule has 1 N–H and O–H groups in total. The summed E-state index contributed by atoms with van der Waals surface area (Å²) in [5, 5.41) is 6.54. The molecule has 0 saturated carbocycles. The first-order valence-corrected chi connectivity index (χ1v) is 7.94. The number of nitrogens with one attached hydrogen (secondary N) is 1. The first-order valence-electron chi connectivity index (χ1n) is 6.75. The van der Waals surface area contributed by atoms with Crippen molar-refractivity contribution >= 4 is 54.5 Å². The highest BCUT2D eigenvalue weighted by atomic mass is 35.5. The first kappa shape index (κ1) is 12.7. The van der Waals surface area contributed by atoms with E-state index in [9.17, 15) is 0 Å². The van der Waals surface area contributed by atoms with Crippen LogP contribution in [0.15, 0.2) is 66.7 Å². The van der Waals surface area contributed by atoms with E-state index in [1.807, 2.05) is 36.4 Å². The highest BCUT2D eigenvalue weighted by molar-refractivity contribution is 7.26. The van der Waals surface area contributed by atoms with Crippen LogP contribution < -0.4 is 5.32 Å². The van der Waals surface area contributed by atoms with E-state index in [1.54, 1.807) is 11.3 Å². The molecule has 0 radical (unpaired) electrons. The molecule has 102 valence electrons. The largest absolute Gasteiger partial charge is 0.354 e. The molecule has 0 fully saturated rings. The van der Waals surface area contributed by atoms with Crippen molar-refractivity contribution in [1.82, 2.24) is 0 Å². The number of rotatable bonds is 2. The van der Waals surface area contributed by atoms with Crippen LogP contribution in [0.4, 0.5) is 11.4 Å². The standard InChI is InChI=1S/C18H12ClNS/c19-18-14(20-12-6-2-1-3-7-12)10-11-16-17(18)13-8-4-5-9-15(13)21-16/h1-11,20H. The predicted octanol–water partition coefficient (Wildman–Crippen LogP) is 6.45. The van der Waals surface area contributed by atoms with Gasteiger partial charge in [0.2, 0.25) is 0 Å². The topological polar surface area (TPSA) is 12.0 Å². The Kier molecular flexibility index (Phi) is 3.06. The maximum Gasteiger partial charge on any atom is 0.0734 e. The highest BCUT2D eigenvalue weighted by Gasteiger charge is 2.11. The summed E-state index contributed by atoms with van der Waals surface area (Å²) in [5.41, 5.74) is 1.98.